The van der Waals surface area contributed by atoms with Gasteiger partial charge in [0.25, 0.3) is 0 Å². The van der Waals surface area contributed by atoms with Gasteiger partial charge in [-0.1, -0.05) is 13.8 Å². The van der Waals surface area contributed by atoms with E-state index in [1.165, 1.54) is 6.42 Å². The molecule has 0 amide bonds. The van der Waals surface area contributed by atoms with Gasteiger partial charge in [-0.2, -0.15) is 0 Å². The summed E-state index contributed by atoms with van der Waals surface area (Å²) in [6.07, 6.45) is 3.88. The van der Waals surface area contributed by atoms with E-state index in [1.54, 1.807) is 13.3 Å². The first kappa shape index (κ1) is 23.4. The van der Waals surface area contributed by atoms with E-state index in [0.29, 0.717) is 24.2 Å². The van der Waals surface area contributed by atoms with Crippen molar-refractivity contribution in [2.24, 2.45) is 4.99 Å². The molecule has 9 heteroatoms. The molecule has 0 aliphatic rings. The summed E-state index contributed by atoms with van der Waals surface area (Å²) in [5, 5.41) is 13.8. The van der Waals surface area contributed by atoms with Crippen molar-refractivity contribution in [1.29, 1.82) is 0 Å². The molecular weight excluding hydrogens is 457 g/mol. The van der Waals surface area contributed by atoms with E-state index in [1.807, 2.05) is 12.1 Å². The molecule has 0 saturated carbocycles. The second-order valence-electron chi connectivity index (χ2n) is 6.22. The molecule has 152 valence electrons. The van der Waals surface area contributed by atoms with Gasteiger partial charge in [0.05, 0.1) is 12.8 Å². The van der Waals surface area contributed by atoms with Gasteiger partial charge in [0.1, 0.15) is 5.82 Å². The standard InChI is InChI=1S/C18H31N7O.HI/c1-5-25(6-2)11-7-9-14(3)21-18(19-4)20-13-16-22-17(24-23-16)15-10-8-12-26-15;/h8,10,12,14H,5-7,9,11,13H2,1-4H3,(H2,19,20,21)(H,22,23,24);1H. The van der Waals surface area contributed by atoms with E-state index in [9.17, 15) is 0 Å². The maximum atomic E-state index is 5.30. The summed E-state index contributed by atoms with van der Waals surface area (Å²) in [5.41, 5.74) is 0. The molecule has 0 saturated heterocycles. The van der Waals surface area contributed by atoms with Gasteiger partial charge < -0.3 is 20.0 Å². The van der Waals surface area contributed by atoms with Crippen LogP contribution in [0.2, 0.25) is 0 Å². The number of guanidine groups is 1. The third-order valence-electron chi connectivity index (χ3n) is 4.31. The number of nitrogens with one attached hydrogen (secondary N) is 3. The summed E-state index contributed by atoms with van der Waals surface area (Å²) in [4.78, 5) is 11.1. The number of halogens is 1. The van der Waals surface area contributed by atoms with Crippen LogP contribution in [0.4, 0.5) is 0 Å². The third-order valence-corrected chi connectivity index (χ3v) is 4.31. The smallest absolute Gasteiger partial charge is 0.216 e. The molecule has 0 aliphatic carbocycles. The predicted octanol–water partition coefficient (Wildman–Crippen LogP) is 2.86. The third kappa shape index (κ3) is 7.87. The van der Waals surface area contributed by atoms with Crippen molar-refractivity contribution >= 4 is 29.9 Å². The van der Waals surface area contributed by atoms with Gasteiger partial charge in [-0.25, -0.2) is 4.98 Å². The van der Waals surface area contributed by atoms with Crippen molar-refractivity contribution in [1.82, 2.24) is 30.7 Å². The minimum Gasteiger partial charge on any atom is -0.461 e. The second-order valence-corrected chi connectivity index (χ2v) is 6.22. The fourth-order valence-electron chi connectivity index (χ4n) is 2.72. The molecule has 1 unspecified atom stereocenters. The van der Waals surface area contributed by atoms with E-state index in [2.05, 4.69) is 56.5 Å². The number of aromatic nitrogens is 3. The molecule has 0 bridgehead atoms. The fourth-order valence-corrected chi connectivity index (χ4v) is 2.72. The average Bonchev–Trinajstić information content (AvgIpc) is 3.33. The van der Waals surface area contributed by atoms with Crippen molar-refractivity contribution < 1.29 is 4.42 Å². The van der Waals surface area contributed by atoms with E-state index in [0.717, 1.165) is 37.8 Å². The molecule has 3 N–H and O–H groups in total. The molecule has 0 fully saturated rings. The number of aliphatic imine (C=N–C) groups is 1. The summed E-state index contributed by atoms with van der Waals surface area (Å²) in [6.45, 7) is 10.5. The van der Waals surface area contributed by atoms with Crippen LogP contribution in [0.3, 0.4) is 0 Å². The first-order chi connectivity index (χ1) is 12.7. The molecule has 2 rings (SSSR count). The SMILES string of the molecule is CCN(CC)CCCC(C)NC(=NC)NCc1nc(-c2ccco2)n[nH]1.I. The number of hydrogen-bond acceptors (Lipinski definition) is 5. The van der Waals surface area contributed by atoms with Crippen LogP contribution >= 0.6 is 24.0 Å². The molecule has 1 atom stereocenters. The number of aromatic amines is 1. The summed E-state index contributed by atoms with van der Waals surface area (Å²) >= 11 is 0. The monoisotopic (exact) mass is 489 g/mol. The number of furan rings is 1. The summed E-state index contributed by atoms with van der Waals surface area (Å²) < 4.78 is 5.30. The highest BCUT2D eigenvalue weighted by Gasteiger charge is 2.10. The fraction of sp³-hybridized carbons (Fsp3) is 0.611. The van der Waals surface area contributed by atoms with Crippen LogP contribution in [-0.4, -0.2) is 58.8 Å². The molecule has 27 heavy (non-hydrogen) atoms. The Labute approximate surface area is 178 Å². The molecule has 0 radical (unpaired) electrons. The van der Waals surface area contributed by atoms with E-state index in [4.69, 9.17) is 4.42 Å². The van der Waals surface area contributed by atoms with Crippen LogP contribution in [0.15, 0.2) is 27.8 Å². The Balaban J connectivity index is 0.00000364. The number of rotatable bonds is 10. The van der Waals surface area contributed by atoms with Gasteiger partial charge in [0.2, 0.25) is 5.82 Å². The minimum absolute atomic E-state index is 0. The van der Waals surface area contributed by atoms with Gasteiger partial charge in [0, 0.05) is 13.1 Å². The molecular formula is C18H32IN7O. The molecule has 2 aromatic rings. The van der Waals surface area contributed by atoms with Crippen LogP contribution in [-0.2, 0) is 6.54 Å². The lowest BCUT2D eigenvalue weighted by molar-refractivity contribution is 0.292. The Morgan fingerprint density at radius 3 is 2.78 bits per heavy atom. The van der Waals surface area contributed by atoms with Crippen molar-refractivity contribution in [2.75, 3.05) is 26.7 Å². The second kappa shape index (κ2) is 12.7. The van der Waals surface area contributed by atoms with Crippen LogP contribution in [0, 0.1) is 0 Å². The van der Waals surface area contributed by atoms with Gasteiger partial charge >= 0.3 is 0 Å². The molecule has 0 spiro atoms. The maximum absolute atomic E-state index is 5.30. The lowest BCUT2D eigenvalue weighted by Crippen LogP contribution is -2.42. The first-order valence-electron chi connectivity index (χ1n) is 9.30. The zero-order valence-corrected chi connectivity index (χ0v) is 19.0. The zero-order chi connectivity index (χ0) is 18.8. The van der Waals surface area contributed by atoms with Crippen LogP contribution < -0.4 is 10.6 Å². The topological polar surface area (TPSA) is 94.4 Å². The highest BCUT2D eigenvalue weighted by atomic mass is 127. The maximum Gasteiger partial charge on any atom is 0.216 e. The Morgan fingerprint density at radius 1 is 1.37 bits per heavy atom. The van der Waals surface area contributed by atoms with E-state index in [-0.39, 0.29) is 24.0 Å². The highest BCUT2D eigenvalue weighted by Crippen LogP contribution is 2.14. The zero-order valence-electron chi connectivity index (χ0n) is 16.7. The van der Waals surface area contributed by atoms with Crippen molar-refractivity contribution in [3.8, 4) is 11.6 Å². The van der Waals surface area contributed by atoms with E-state index < -0.39 is 0 Å². The number of hydrogen-bond donors (Lipinski definition) is 3. The summed E-state index contributed by atoms with van der Waals surface area (Å²) in [5.74, 6) is 2.70. The molecule has 2 heterocycles. The Kier molecular flexibility index (Phi) is 11.0. The van der Waals surface area contributed by atoms with Crippen molar-refractivity contribution in [3.05, 3.63) is 24.2 Å². The van der Waals surface area contributed by atoms with Gasteiger partial charge in [-0.15, -0.1) is 29.1 Å². The average molecular weight is 489 g/mol. The van der Waals surface area contributed by atoms with Crippen molar-refractivity contribution in [2.45, 2.75) is 46.2 Å². The summed E-state index contributed by atoms with van der Waals surface area (Å²) in [7, 11) is 1.77. The van der Waals surface area contributed by atoms with Crippen LogP contribution in [0.25, 0.3) is 11.6 Å². The van der Waals surface area contributed by atoms with Crippen molar-refractivity contribution in [3.63, 3.8) is 0 Å². The van der Waals surface area contributed by atoms with Gasteiger partial charge in [-0.3, -0.25) is 10.1 Å². The quantitative estimate of drug-likeness (QED) is 0.270. The lowest BCUT2D eigenvalue weighted by Gasteiger charge is -2.21. The number of H-pyrrole nitrogens is 1. The largest absolute Gasteiger partial charge is 0.461 e. The first-order valence-corrected chi connectivity index (χ1v) is 9.30. The Bertz CT molecular complexity index is 652. The van der Waals surface area contributed by atoms with Gasteiger partial charge in [0.15, 0.2) is 11.7 Å². The predicted molar refractivity (Wildman–Crippen MR) is 119 cm³/mol. The highest BCUT2D eigenvalue weighted by molar-refractivity contribution is 14.0. The van der Waals surface area contributed by atoms with Crippen LogP contribution in [0.1, 0.15) is 39.4 Å². The molecule has 2 aromatic heterocycles. The molecule has 8 nitrogen and oxygen atoms in total. The summed E-state index contributed by atoms with van der Waals surface area (Å²) in [6, 6.07) is 4.00. The lowest BCUT2D eigenvalue weighted by atomic mass is 10.2. The van der Waals surface area contributed by atoms with Gasteiger partial charge in [-0.05, 0) is 51.5 Å². The Hall–Kier alpha value is -1.62. The Morgan fingerprint density at radius 2 is 2.15 bits per heavy atom. The van der Waals surface area contributed by atoms with Crippen LogP contribution in [0.5, 0.6) is 0 Å². The number of nitrogens with zero attached hydrogens (tertiary/aromatic N) is 4. The molecule has 0 aliphatic heterocycles. The normalized spacial score (nSPS) is 12.7. The minimum atomic E-state index is 0. The molecule has 0 aromatic carbocycles. The van der Waals surface area contributed by atoms with E-state index >= 15 is 0 Å².